The molecular weight excluding hydrogens is 446 g/mol. The minimum absolute atomic E-state index is 0.0410. The van der Waals surface area contributed by atoms with Crippen LogP contribution in [0.2, 0.25) is 0 Å². The summed E-state index contributed by atoms with van der Waals surface area (Å²) in [6, 6.07) is 7.85. The first kappa shape index (κ1) is 21.4. The van der Waals surface area contributed by atoms with Gasteiger partial charge in [-0.3, -0.25) is 9.79 Å². The van der Waals surface area contributed by atoms with E-state index >= 15 is 0 Å². The van der Waals surface area contributed by atoms with Crippen molar-refractivity contribution in [1.82, 2.24) is 0 Å². The first-order valence-corrected chi connectivity index (χ1v) is 11.4. The highest BCUT2D eigenvalue weighted by molar-refractivity contribution is 9.10. The lowest BCUT2D eigenvalue weighted by molar-refractivity contribution is -0.142. The van der Waals surface area contributed by atoms with Crippen LogP contribution in [0, 0.1) is 11.3 Å². The number of rotatable bonds is 4. The van der Waals surface area contributed by atoms with Crippen LogP contribution in [0.1, 0.15) is 57.9 Å². The van der Waals surface area contributed by atoms with Crippen molar-refractivity contribution in [3.05, 3.63) is 45.6 Å². The molecule has 2 aliphatic heterocycles. The molecule has 3 aliphatic rings. The SMILES string of the molecule is CC1=C(C(=O)OC[C@H]2CCCO2)[C@@H](c2ccc(Br)cc2)[C@@H]2C(=O)CC(C)(C)CC2=N1. The average molecular weight is 474 g/mol. The molecule has 1 saturated heterocycles. The van der Waals surface area contributed by atoms with Gasteiger partial charge < -0.3 is 9.47 Å². The van der Waals surface area contributed by atoms with Gasteiger partial charge >= 0.3 is 5.97 Å². The number of hydrogen-bond donors (Lipinski definition) is 0. The molecule has 0 spiro atoms. The van der Waals surface area contributed by atoms with Crippen LogP contribution in [0.3, 0.4) is 0 Å². The number of nitrogens with zero attached hydrogens (tertiary/aromatic N) is 1. The molecule has 2 heterocycles. The van der Waals surface area contributed by atoms with Crippen molar-refractivity contribution < 1.29 is 19.1 Å². The van der Waals surface area contributed by atoms with Crippen LogP contribution in [0.15, 0.2) is 45.0 Å². The quantitative estimate of drug-likeness (QED) is 0.577. The highest BCUT2D eigenvalue weighted by Crippen LogP contribution is 2.47. The summed E-state index contributed by atoms with van der Waals surface area (Å²) >= 11 is 3.48. The summed E-state index contributed by atoms with van der Waals surface area (Å²) in [5.74, 6) is -1.02. The van der Waals surface area contributed by atoms with Crippen molar-refractivity contribution in [2.45, 2.75) is 58.5 Å². The molecule has 160 valence electrons. The van der Waals surface area contributed by atoms with E-state index in [1.807, 2.05) is 31.2 Å². The third-order valence-electron chi connectivity index (χ3n) is 6.24. The van der Waals surface area contributed by atoms with Gasteiger partial charge in [0.1, 0.15) is 12.4 Å². The van der Waals surface area contributed by atoms with E-state index in [9.17, 15) is 9.59 Å². The maximum absolute atomic E-state index is 13.3. The Labute approximate surface area is 186 Å². The fourth-order valence-corrected chi connectivity index (χ4v) is 5.18. The molecule has 0 radical (unpaired) electrons. The maximum atomic E-state index is 13.3. The van der Waals surface area contributed by atoms with E-state index in [0.29, 0.717) is 24.3 Å². The molecule has 4 rings (SSSR count). The molecule has 5 nitrogen and oxygen atoms in total. The predicted molar refractivity (Wildman–Crippen MR) is 118 cm³/mol. The molecule has 0 aromatic heterocycles. The van der Waals surface area contributed by atoms with Gasteiger partial charge in [-0.05, 0) is 49.3 Å². The van der Waals surface area contributed by atoms with Gasteiger partial charge in [0.2, 0.25) is 0 Å². The first-order chi connectivity index (χ1) is 14.2. The summed E-state index contributed by atoms with van der Waals surface area (Å²) in [6.07, 6.45) is 3.10. The number of carbonyl (C=O) groups is 2. The molecule has 6 heteroatoms. The third-order valence-corrected chi connectivity index (χ3v) is 6.77. The van der Waals surface area contributed by atoms with E-state index in [2.05, 4.69) is 29.8 Å². The second-order valence-corrected chi connectivity index (χ2v) is 10.2. The van der Waals surface area contributed by atoms with E-state index in [-0.39, 0.29) is 29.8 Å². The van der Waals surface area contributed by atoms with E-state index < -0.39 is 11.9 Å². The zero-order chi connectivity index (χ0) is 21.5. The lowest BCUT2D eigenvalue weighted by atomic mass is 9.63. The second-order valence-electron chi connectivity index (χ2n) is 9.33. The standard InChI is InChI=1S/C24H28BrNO4/c1-14-20(23(28)30-13-17-5-4-10-29-17)21(15-6-8-16(25)9-7-15)22-18(26-14)11-24(2,3)12-19(22)27/h6-9,17,21-22H,4-5,10-13H2,1-3H3/t17-,21-,22+/m1/s1. The number of aliphatic imine (C=N–C) groups is 1. The molecule has 1 aromatic carbocycles. The van der Waals surface area contributed by atoms with Crippen molar-refractivity contribution in [3.63, 3.8) is 0 Å². The maximum Gasteiger partial charge on any atom is 0.336 e. The van der Waals surface area contributed by atoms with Crippen molar-refractivity contribution >= 4 is 33.4 Å². The topological polar surface area (TPSA) is 65.0 Å². The molecule has 30 heavy (non-hydrogen) atoms. The van der Waals surface area contributed by atoms with Gasteiger partial charge in [0.05, 0.1) is 17.6 Å². The van der Waals surface area contributed by atoms with Gasteiger partial charge in [0.25, 0.3) is 0 Å². The highest BCUT2D eigenvalue weighted by Gasteiger charge is 2.47. The van der Waals surface area contributed by atoms with Crippen molar-refractivity contribution in [1.29, 1.82) is 0 Å². The summed E-state index contributed by atoms with van der Waals surface area (Å²) in [4.78, 5) is 31.2. The number of esters is 1. The zero-order valence-electron chi connectivity index (χ0n) is 17.7. The number of carbonyl (C=O) groups excluding carboxylic acids is 2. The number of ketones is 1. The first-order valence-electron chi connectivity index (χ1n) is 10.6. The van der Waals surface area contributed by atoms with E-state index in [4.69, 9.17) is 14.5 Å². The number of hydrogen-bond acceptors (Lipinski definition) is 5. The molecule has 0 amide bonds. The lowest BCUT2D eigenvalue weighted by Crippen LogP contribution is -2.44. The Balaban J connectivity index is 1.71. The molecule has 0 N–H and O–H groups in total. The monoisotopic (exact) mass is 473 g/mol. The van der Waals surface area contributed by atoms with Crippen LogP contribution in [0.4, 0.5) is 0 Å². The Kier molecular flexibility index (Phi) is 5.99. The average Bonchev–Trinajstić information content (AvgIpc) is 3.18. The summed E-state index contributed by atoms with van der Waals surface area (Å²) in [6.45, 7) is 7.01. The van der Waals surface area contributed by atoms with E-state index in [1.165, 1.54) is 0 Å². The molecular formula is C24H28BrNO4. The molecule has 2 fully saturated rings. The molecule has 1 saturated carbocycles. The van der Waals surface area contributed by atoms with Gasteiger partial charge in [-0.1, -0.05) is 41.9 Å². The fourth-order valence-electron chi connectivity index (χ4n) is 4.91. The highest BCUT2D eigenvalue weighted by atomic mass is 79.9. The zero-order valence-corrected chi connectivity index (χ0v) is 19.3. The Bertz CT molecular complexity index is 910. The van der Waals surface area contributed by atoms with Crippen LogP contribution in [0.25, 0.3) is 0 Å². The van der Waals surface area contributed by atoms with Gasteiger partial charge in [0.15, 0.2) is 0 Å². The number of allylic oxidation sites excluding steroid dienone is 1. The van der Waals surface area contributed by atoms with Crippen molar-refractivity contribution in [3.8, 4) is 0 Å². The molecule has 1 aliphatic carbocycles. The van der Waals surface area contributed by atoms with Gasteiger partial charge in [0, 0.05) is 34.8 Å². The smallest absolute Gasteiger partial charge is 0.336 e. The summed E-state index contributed by atoms with van der Waals surface area (Å²) < 4.78 is 12.2. The van der Waals surface area contributed by atoms with Crippen LogP contribution < -0.4 is 0 Å². The minimum atomic E-state index is -0.409. The summed E-state index contributed by atoms with van der Waals surface area (Å²) in [5, 5.41) is 0. The number of Topliss-reactive ketones (excluding diaryl/α,β-unsaturated/α-hetero) is 1. The van der Waals surface area contributed by atoms with Crippen molar-refractivity contribution in [2.24, 2.45) is 16.3 Å². The molecule has 0 bridgehead atoms. The van der Waals surface area contributed by atoms with Crippen LogP contribution >= 0.6 is 15.9 Å². The van der Waals surface area contributed by atoms with Crippen molar-refractivity contribution in [2.75, 3.05) is 13.2 Å². The number of fused-ring (bicyclic) bond motifs is 1. The van der Waals surface area contributed by atoms with Gasteiger partial charge in [-0.25, -0.2) is 4.79 Å². The second kappa shape index (κ2) is 8.39. The predicted octanol–water partition coefficient (Wildman–Crippen LogP) is 4.99. The van der Waals surface area contributed by atoms with Gasteiger partial charge in [-0.2, -0.15) is 0 Å². The van der Waals surface area contributed by atoms with Gasteiger partial charge in [-0.15, -0.1) is 0 Å². The number of ether oxygens (including phenoxy) is 2. The van der Waals surface area contributed by atoms with E-state index in [0.717, 1.165) is 35.0 Å². The minimum Gasteiger partial charge on any atom is -0.460 e. The fraction of sp³-hybridized carbons (Fsp3) is 0.542. The normalized spacial score (nSPS) is 28.2. The van der Waals surface area contributed by atoms with Crippen LogP contribution in [0.5, 0.6) is 0 Å². The van der Waals surface area contributed by atoms with E-state index in [1.54, 1.807) is 0 Å². The Morgan fingerprint density at radius 3 is 2.63 bits per heavy atom. The number of benzene rings is 1. The molecule has 1 aromatic rings. The Hall–Kier alpha value is -1.79. The summed E-state index contributed by atoms with van der Waals surface area (Å²) in [5.41, 5.74) is 2.85. The third kappa shape index (κ3) is 4.30. The Morgan fingerprint density at radius 1 is 1.23 bits per heavy atom. The number of halogens is 1. The lowest BCUT2D eigenvalue weighted by Gasteiger charge is -2.41. The largest absolute Gasteiger partial charge is 0.460 e. The Morgan fingerprint density at radius 2 is 1.97 bits per heavy atom. The summed E-state index contributed by atoms with van der Waals surface area (Å²) in [7, 11) is 0. The van der Waals surface area contributed by atoms with Crippen LogP contribution in [-0.2, 0) is 19.1 Å². The molecule has 3 atom stereocenters. The molecule has 0 unspecified atom stereocenters. The van der Waals surface area contributed by atoms with Crippen LogP contribution in [-0.4, -0.2) is 36.8 Å².